The van der Waals surface area contributed by atoms with E-state index in [9.17, 15) is 5.11 Å². The molecule has 5 atom stereocenters. The molecule has 3 rings (SSSR count). The van der Waals surface area contributed by atoms with Gasteiger partial charge in [-0.1, -0.05) is 0 Å². The minimum absolute atomic E-state index is 0.184. The van der Waals surface area contributed by atoms with E-state index in [1.165, 1.54) is 0 Å². The van der Waals surface area contributed by atoms with Gasteiger partial charge in [0, 0.05) is 0 Å². The normalized spacial score (nSPS) is 54.6. The summed E-state index contributed by atoms with van der Waals surface area (Å²) in [4.78, 5) is 0. The van der Waals surface area contributed by atoms with E-state index < -0.39 is 18.2 Å². The van der Waals surface area contributed by atoms with Crippen LogP contribution in [0.2, 0.25) is 0 Å². The fourth-order valence-electron chi connectivity index (χ4n) is 2.31. The lowest BCUT2D eigenvalue weighted by Crippen LogP contribution is -2.35. The Morgan fingerprint density at radius 1 is 1.14 bits per heavy atom. The minimum Gasteiger partial charge on any atom is -0.388 e. The summed E-state index contributed by atoms with van der Waals surface area (Å²) in [5.41, 5.74) is 0. The second-order valence-corrected chi connectivity index (χ2v) is 4.43. The van der Waals surface area contributed by atoms with E-state index >= 15 is 0 Å². The summed E-state index contributed by atoms with van der Waals surface area (Å²) in [6.07, 6.45) is -1.62. The average molecular weight is 202 g/mol. The number of fused-ring (bicyclic) bond motifs is 3. The summed E-state index contributed by atoms with van der Waals surface area (Å²) in [5, 5.41) is 9.52. The molecule has 3 heterocycles. The van der Waals surface area contributed by atoms with Gasteiger partial charge in [0.2, 0.25) is 0 Å². The van der Waals surface area contributed by atoms with Gasteiger partial charge >= 0.3 is 0 Å². The minimum atomic E-state index is -0.614. The van der Waals surface area contributed by atoms with Gasteiger partial charge in [-0.2, -0.15) is 0 Å². The number of rotatable bonds is 0. The maximum atomic E-state index is 9.52. The van der Waals surface area contributed by atoms with Crippen LogP contribution in [0.4, 0.5) is 0 Å². The zero-order valence-electron chi connectivity index (χ0n) is 8.17. The van der Waals surface area contributed by atoms with Crippen molar-refractivity contribution >= 4 is 0 Å². The zero-order chi connectivity index (χ0) is 9.92. The van der Waals surface area contributed by atoms with Crippen molar-refractivity contribution < 1.29 is 24.1 Å². The maximum Gasteiger partial charge on any atom is 0.190 e. The number of hydrogen-bond acceptors (Lipinski definition) is 5. The Labute approximate surface area is 81.9 Å². The van der Waals surface area contributed by atoms with Crippen molar-refractivity contribution in [1.29, 1.82) is 0 Å². The molecule has 3 aliphatic rings. The topological polar surface area (TPSA) is 57.2 Å². The highest BCUT2D eigenvalue weighted by Gasteiger charge is 2.59. The van der Waals surface area contributed by atoms with Crippen molar-refractivity contribution in [3.05, 3.63) is 0 Å². The van der Waals surface area contributed by atoms with Crippen LogP contribution in [0, 0.1) is 0 Å². The Morgan fingerprint density at radius 3 is 2.71 bits per heavy atom. The molecule has 14 heavy (non-hydrogen) atoms. The lowest BCUT2D eigenvalue weighted by molar-refractivity contribution is -0.214. The van der Waals surface area contributed by atoms with Crippen LogP contribution in [-0.4, -0.2) is 48.2 Å². The second-order valence-electron chi connectivity index (χ2n) is 4.43. The van der Waals surface area contributed by atoms with Crippen LogP contribution in [0.25, 0.3) is 0 Å². The molecule has 0 spiro atoms. The Kier molecular flexibility index (Phi) is 1.73. The molecule has 3 aliphatic heterocycles. The third-order valence-electron chi connectivity index (χ3n) is 2.87. The third kappa shape index (κ3) is 1.14. The van der Waals surface area contributed by atoms with Crippen molar-refractivity contribution in [3.63, 3.8) is 0 Å². The molecule has 5 nitrogen and oxygen atoms in total. The second kappa shape index (κ2) is 2.68. The first kappa shape index (κ1) is 9.06. The van der Waals surface area contributed by atoms with Gasteiger partial charge < -0.3 is 24.1 Å². The van der Waals surface area contributed by atoms with Crippen LogP contribution >= 0.6 is 0 Å². The lowest BCUT2D eigenvalue weighted by atomic mass is 10.1. The molecular formula is C9H14O5. The van der Waals surface area contributed by atoms with E-state index in [0.29, 0.717) is 6.61 Å². The molecule has 0 aromatic carbocycles. The predicted molar refractivity (Wildman–Crippen MR) is 44.4 cm³/mol. The predicted octanol–water partition coefficient (Wildman–Crippen LogP) is -0.378. The van der Waals surface area contributed by atoms with Gasteiger partial charge in [-0.25, -0.2) is 0 Å². The SMILES string of the molecule is CC1(C)O[C@@H]2O[C@H]3[C@H](OC[C@@H]3O)[C@@H]2O1. The van der Waals surface area contributed by atoms with Crippen LogP contribution in [0.1, 0.15) is 13.8 Å². The first-order chi connectivity index (χ1) is 6.57. The van der Waals surface area contributed by atoms with Crippen LogP contribution in [0.15, 0.2) is 0 Å². The molecule has 0 unspecified atom stereocenters. The van der Waals surface area contributed by atoms with Crippen molar-refractivity contribution in [2.45, 2.75) is 50.3 Å². The van der Waals surface area contributed by atoms with Gasteiger partial charge in [0.1, 0.15) is 24.4 Å². The van der Waals surface area contributed by atoms with Gasteiger partial charge in [0.25, 0.3) is 0 Å². The quantitative estimate of drug-likeness (QED) is 0.580. The van der Waals surface area contributed by atoms with Crippen molar-refractivity contribution in [3.8, 4) is 0 Å². The number of aliphatic hydroxyl groups is 1. The Bertz CT molecular complexity index is 254. The largest absolute Gasteiger partial charge is 0.388 e. The van der Waals surface area contributed by atoms with E-state index in [2.05, 4.69) is 0 Å². The highest BCUT2D eigenvalue weighted by atomic mass is 16.8. The first-order valence-electron chi connectivity index (χ1n) is 4.88. The highest BCUT2D eigenvalue weighted by Crippen LogP contribution is 2.41. The number of aliphatic hydroxyl groups excluding tert-OH is 1. The molecule has 0 aromatic rings. The van der Waals surface area contributed by atoms with Gasteiger partial charge in [-0.15, -0.1) is 0 Å². The highest BCUT2D eigenvalue weighted by molar-refractivity contribution is 5.00. The Hall–Kier alpha value is -0.200. The summed E-state index contributed by atoms with van der Waals surface area (Å²) in [6, 6.07) is 0. The van der Waals surface area contributed by atoms with Crippen LogP contribution in [0.5, 0.6) is 0 Å². The molecule has 0 aromatic heterocycles. The Balaban J connectivity index is 1.80. The molecule has 0 amide bonds. The molecule has 0 radical (unpaired) electrons. The molecule has 5 heteroatoms. The van der Waals surface area contributed by atoms with E-state index in [0.717, 1.165) is 0 Å². The van der Waals surface area contributed by atoms with E-state index in [4.69, 9.17) is 18.9 Å². The van der Waals surface area contributed by atoms with Gasteiger partial charge in [0.15, 0.2) is 12.1 Å². The van der Waals surface area contributed by atoms with Crippen molar-refractivity contribution in [2.75, 3.05) is 6.61 Å². The van der Waals surface area contributed by atoms with Crippen LogP contribution in [0.3, 0.4) is 0 Å². The van der Waals surface area contributed by atoms with Gasteiger partial charge in [-0.3, -0.25) is 0 Å². The summed E-state index contributed by atoms with van der Waals surface area (Å²) in [7, 11) is 0. The van der Waals surface area contributed by atoms with Crippen molar-refractivity contribution in [1.82, 2.24) is 0 Å². The maximum absolute atomic E-state index is 9.52. The van der Waals surface area contributed by atoms with Gasteiger partial charge in [-0.05, 0) is 13.8 Å². The molecule has 0 saturated carbocycles. The van der Waals surface area contributed by atoms with Crippen LogP contribution < -0.4 is 0 Å². The summed E-state index contributed by atoms with van der Waals surface area (Å²) >= 11 is 0. The Morgan fingerprint density at radius 2 is 1.93 bits per heavy atom. The summed E-state index contributed by atoms with van der Waals surface area (Å²) in [6.45, 7) is 4.01. The number of hydrogen-bond donors (Lipinski definition) is 1. The molecule has 3 fully saturated rings. The first-order valence-corrected chi connectivity index (χ1v) is 4.88. The van der Waals surface area contributed by atoms with E-state index in [1.807, 2.05) is 13.8 Å². The van der Waals surface area contributed by atoms with Crippen LogP contribution in [-0.2, 0) is 18.9 Å². The number of ether oxygens (including phenoxy) is 4. The molecule has 0 aliphatic carbocycles. The standard InChI is InChI=1S/C9H14O5/c1-9(2)13-7-6-5(4(10)3-11-6)12-8(7)14-9/h4-8,10H,3H2,1-2H3/t4-,5+,6-,7-,8-/m0/s1. The van der Waals surface area contributed by atoms with Crippen molar-refractivity contribution in [2.24, 2.45) is 0 Å². The monoisotopic (exact) mass is 202 g/mol. The molecule has 1 N–H and O–H groups in total. The molecule has 0 bridgehead atoms. The smallest absolute Gasteiger partial charge is 0.190 e. The molecule has 3 saturated heterocycles. The fraction of sp³-hybridized carbons (Fsp3) is 1.00. The summed E-state index contributed by atoms with van der Waals surface area (Å²) in [5.74, 6) is -0.614. The van der Waals surface area contributed by atoms with E-state index in [1.54, 1.807) is 0 Å². The third-order valence-corrected chi connectivity index (χ3v) is 2.87. The summed E-state index contributed by atoms with van der Waals surface area (Å²) < 4.78 is 22.1. The fourth-order valence-corrected chi connectivity index (χ4v) is 2.31. The zero-order valence-corrected chi connectivity index (χ0v) is 8.17. The average Bonchev–Trinajstić information content (AvgIpc) is 2.63. The van der Waals surface area contributed by atoms with E-state index in [-0.39, 0.29) is 18.3 Å². The lowest BCUT2D eigenvalue weighted by Gasteiger charge is -2.21. The molecular weight excluding hydrogens is 188 g/mol. The molecule has 80 valence electrons. The van der Waals surface area contributed by atoms with Gasteiger partial charge in [0.05, 0.1) is 6.61 Å².